The zero-order valence-electron chi connectivity index (χ0n) is 7.47. The number of aliphatic hydroxyl groups excluding tert-OH is 1. The predicted molar refractivity (Wildman–Crippen MR) is 40.3 cm³/mol. The van der Waals surface area contributed by atoms with Crippen LogP contribution in [0.5, 0.6) is 0 Å². The number of halogens is 6. The highest BCUT2D eigenvalue weighted by molar-refractivity contribution is 5.19. The van der Waals surface area contributed by atoms with Crippen molar-refractivity contribution < 1.29 is 31.4 Å². The van der Waals surface area contributed by atoms with Gasteiger partial charge in [0.15, 0.2) is 6.10 Å². The maximum Gasteiger partial charge on any atom is 0.433 e. The van der Waals surface area contributed by atoms with Gasteiger partial charge >= 0.3 is 12.4 Å². The minimum Gasteiger partial charge on any atom is -0.379 e. The predicted octanol–water partition coefficient (Wildman–Crippen LogP) is 2.70. The van der Waals surface area contributed by atoms with E-state index in [-0.39, 0.29) is 0 Å². The summed E-state index contributed by atoms with van der Waals surface area (Å²) in [6.45, 7) is 0. The quantitative estimate of drug-likeness (QED) is 0.771. The summed E-state index contributed by atoms with van der Waals surface area (Å²) in [4.78, 5) is 2.80. The van der Waals surface area contributed by atoms with Crippen LogP contribution in [0.15, 0.2) is 18.3 Å². The molecule has 0 aliphatic heterocycles. The Labute approximate surface area is 85.5 Å². The van der Waals surface area contributed by atoms with Crippen LogP contribution in [0.4, 0.5) is 26.3 Å². The fraction of sp³-hybridized carbons (Fsp3) is 0.375. The molecular weight excluding hydrogens is 240 g/mol. The smallest absolute Gasteiger partial charge is 0.379 e. The molecule has 0 unspecified atom stereocenters. The average Bonchev–Trinajstić information content (AvgIpc) is 2.14. The molecule has 0 aliphatic carbocycles. The fourth-order valence-electron chi connectivity index (χ4n) is 0.924. The highest BCUT2D eigenvalue weighted by Crippen LogP contribution is 2.33. The van der Waals surface area contributed by atoms with Crippen LogP contribution in [0, 0.1) is 0 Å². The second-order valence-corrected chi connectivity index (χ2v) is 2.92. The third kappa shape index (κ3) is 2.84. The van der Waals surface area contributed by atoms with E-state index in [1.54, 1.807) is 0 Å². The van der Waals surface area contributed by atoms with Gasteiger partial charge in [0, 0.05) is 11.8 Å². The van der Waals surface area contributed by atoms with Gasteiger partial charge in [-0.15, -0.1) is 0 Å². The summed E-state index contributed by atoms with van der Waals surface area (Å²) >= 11 is 0. The van der Waals surface area contributed by atoms with Crippen LogP contribution < -0.4 is 0 Å². The molecule has 16 heavy (non-hydrogen) atoms. The lowest BCUT2D eigenvalue weighted by atomic mass is 10.1. The molecule has 1 atom stereocenters. The maximum absolute atomic E-state index is 12.0. The molecule has 0 saturated heterocycles. The van der Waals surface area contributed by atoms with Gasteiger partial charge in [-0.1, -0.05) is 6.07 Å². The molecule has 0 spiro atoms. The van der Waals surface area contributed by atoms with Gasteiger partial charge in [0.05, 0.1) is 0 Å². The summed E-state index contributed by atoms with van der Waals surface area (Å²) < 4.78 is 71.9. The Balaban J connectivity index is 2.96. The molecule has 1 N–H and O–H groups in total. The number of hydrogen-bond acceptors (Lipinski definition) is 2. The van der Waals surface area contributed by atoms with Crippen molar-refractivity contribution in [3.63, 3.8) is 0 Å². The summed E-state index contributed by atoms with van der Waals surface area (Å²) in [5.74, 6) is 0. The average molecular weight is 245 g/mol. The molecular formula is C8H5F6NO. The van der Waals surface area contributed by atoms with Gasteiger partial charge in [-0.3, -0.25) is 4.98 Å². The largest absolute Gasteiger partial charge is 0.433 e. The van der Waals surface area contributed by atoms with E-state index in [0.717, 1.165) is 0 Å². The molecule has 0 aromatic carbocycles. The van der Waals surface area contributed by atoms with Crippen LogP contribution in [0.3, 0.4) is 0 Å². The summed E-state index contributed by atoms with van der Waals surface area (Å²) in [7, 11) is 0. The molecule has 1 rings (SSSR count). The molecule has 0 amide bonds. The lowest BCUT2D eigenvalue weighted by Gasteiger charge is -2.14. The normalized spacial score (nSPS) is 14.9. The molecule has 1 aromatic rings. The Morgan fingerprint density at radius 3 is 1.94 bits per heavy atom. The minimum atomic E-state index is -4.93. The molecule has 1 aromatic heterocycles. The molecule has 1 heterocycles. The fourth-order valence-corrected chi connectivity index (χ4v) is 0.924. The Morgan fingerprint density at radius 2 is 1.62 bits per heavy atom. The van der Waals surface area contributed by atoms with E-state index in [1.165, 1.54) is 0 Å². The van der Waals surface area contributed by atoms with Gasteiger partial charge < -0.3 is 5.11 Å². The van der Waals surface area contributed by atoms with Gasteiger partial charge in [-0.05, 0) is 6.07 Å². The molecule has 0 saturated carbocycles. The van der Waals surface area contributed by atoms with Gasteiger partial charge in [-0.2, -0.15) is 26.3 Å². The monoisotopic (exact) mass is 245 g/mol. The van der Waals surface area contributed by atoms with Crippen LogP contribution in [-0.4, -0.2) is 16.3 Å². The molecule has 2 nitrogen and oxygen atoms in total. The molecule has 90 valence electrons. The van der Waals surface area contributed by atoms with Crippen LogP contribution >= 0.6 is 0 Å². The van der Waals surface area contributed by atoms with Crippen LogP contribution in [0.2, 0.25) is 0 Å². The first-order valence-electron chi connectivity index (χ1n) is 3.90. The van der Waals surface area contributed by atoms with Crippen LogP contribution in [0.25, 0.3) is 0 Å². The molecule has 0 bridgehead atoms. The number of hydrogen-bond donors (Lipinski definition) is 1. The SMILES string of the molecule is O[C@H](c1ccc(C(F)(F)F)nc1)C(F)(F)F. The van der Waals surface area contributed by atoms with Gasteiger partial charge in [0.2, 0.25) is 0 Å². The Hall–Kier alpha value is -1.31. The van der Waals surface area contributed by atoms with Crippen molar-refractivity contribution in [1.29, 1.82) is 0 Å². The van der Waals surface area contributed by atoms with Crippen molar-refractivity contribution in [2.75, 3.05) is 0 Å². The van der Waals surface area contributed by atoms with E-state index in [4.69, 9.17) is 5.11 Å². The number of alkyl halides is 6. The number of aromatic nitrogens is 1. The van der Waals surface area contributed by atoms with Crippen molar-refractivity contribution >= 4 is 0 Å². The highest BCUT2D eigenvalue weighted by atomic mass is 19.4. The molecule has 8 heteroatoms. The minimum absolute atomic E-state index is 0.348. The first kappa shape index (κ1) is 12.8. The standard InChI is InChI=1S/C8H5F6NO/c9-7(10,11)5-2-1-4(3-15-5)6(16)8(12,13)14/h1-3,6,16H/t6-/m1/s1. The first-order valence-corrected chi connectivity index (χ1v) is 3.90. The Bertz CT molecular complexity index is 354. The van der Waals surface area contributed by atoms with E-state index >= 15 is 0 Å². The van der Waals surface area contributed by atoms with Crippen molar-refractivity contribution in [2.45, 2.75) is 18.5 Å². The number of aliphatic hydroxyl groups is 1. The zero-order chi connectivity index (χ0) is 12.6. The van der Waals surface area contributed by atoms with Gasteiger partial charge in [0.25, 0.3) is 0 Å². The van der Waals surface area contributed by atoms with E-state index in [0.29, 0.717) is 18.3 Å². The third-order valence-corrected chi connectivity index (χ3v) is 1.70. The first-order chi connectivity index (χ1) is 7.12. The maximum atomic E-state index is 12.0. The lowest BCUT2D eigenvalue weighted by Crippen LogP contribution is -2.20. The summed E-state index contributed by atoms with van der Waals surface area (Å²) in [5.41, 5.74) is -2.05. The van der Waals surface area contributed by atoms with Crippen LogP contribution in [-0.2, 0) is 6.18 Å². The van der Waals surface area contributed by atoms with Crippen molar-refractivity contribution in [3.05, 3.63) is 29.6 Å². The zero-order valence-corrected chi connectivity index (χ0v) is 7.47. The van der Waals surface area contributed by atoms with Crippen molar-refractivity contribution in [3.8, 4) is 0 Å². The summed E-state index contributed by atoms with van der Waals surface area (Å²) in [5, 5.41) is 8.70. The number of pyridine rings is 1. The lowest BCUT2D eigenvalue weighted by molar-refractivity contribution is -0.206. The third-order valence-electron chi connectivity index (χ3n) is 1.70. The highest BCUT2D eigenvalue weighted by Gasteiger charge is 2.40. The van der Waals surface area contributed by atoms with E-state index in [2.05, 4.69) is 4.98 Å². The van der Waals surface area contributed by atoms with E-state index < -0.39 is 29.7 Å². The number of rotatable bonds is 1. The topological polar surface area (TPSA) is 33.1 Å². The summed E-state index contributed by atoms with van der Waals surface area (Å²) in [6.07, 6.45) is -12.1. The van der Waals surface area contributed by atoms with Crippen LogP contribution in [0.1, 0.15) is 17.4 Å². The van der Waals surface area contributed by atoms with Gasteiger partial charge in [-0.25, -0.2) is 0 Å². The van der Waals surface area contributed by atoms with E-state index in [1.807, 2.05) is 0 Å². The molecule has 0 aliphatic rings. The molecule has 0 fully saturated rings. The Morgan fingerprint density at radius 1 is 1.06 bits per heavy atom. The molecule has 0 radical (unpaired) electrons. The summed E-state index contributed by atoms with van der Waals surface area (Å²) in [6, 6.07) is 0.915. The van der Waals surface area contributed by atoms with Crippen molar-refractivity contribution in [1.82, 2.24) is 4.98 Å². The van der Waals surface area contributed by atoms with E-state index in [9.17, 15) is 26.3 Å². The van der Waals surface area contributed by atoms with Gasteiger partial charge in [0.1, 0.15) is 5.69 Å². The Kier molecular flexibility index (Phi) is 3.13. The second kappa shape index (κ2) is 3.93. The second-order valence-electron chi connectivity index (χ2n) is 2.92. The number of nitrogens with zero attached hydrogens (tertiary/aromatic N) is 1. The van der Waals surface area contributed by atoms with Crippen molar-refractivity contribution in [2.24, 2.45) is 0 Å².